The molecule has 30 heavy (non-hydrogen) atoms. The molecule has 0 radical (unpaired) electrons. The molecule has 0 aliphatic carbocycles. The average molecular weight is 434 g/mol. The number of rotatable bonds is 4. The van der Waals surface area contributed by atoms with Crippen molar-refractivity contribution in [2.24, 2.45) is 5.92 Å². The molecule has 1 aromatic rings. The molecule has 1 aliphatic rings. The number of hydrogen-bond acceptors (Lipinski definition) is 8. The van der Waals surface area contributed by atoms with Gasteiger partial charge in [0.15, 0.2) is 5.76 Å². The number of aliphatic hydroxyl groups is 1. The number of nitrogens with zero attached hydrogens (tertiary/aromatic N) is 1. The van der Waals surface area contributed by atoms with Crippen molar-refractivity contribution < 1.29 is 46.6 Å². The second-order valence-corrected chi connectivity index (χ2v) is 7.44. The zero-order chi connectivity index (χ0) is 23.1. The van der Waals surface area contributed by atoms with Crippen LogP contribution in [0, 0.1) is 5.92 Å². The van der Waals surface area contributed by atoms with Crippen LogP contribution in [0.25, 0.3) is 0 Å². The molecule has 9 nitrogen and oxygen atoms in total. The molecule has 1 aliphatic heterocycles. The van der Waals surface area contributed by atoms with Crippen molar-refractivity contribution in [3.63, 3.8) is 0 Å². The summed E-state index contributed by atoms with van der Waals surface area (Å²) < 4.78 is 56.6. The van der Waals surface area contributed by atoms with E-state index in [1.54, 1.807) is 5.43 Å². The zero-order valence-corrected chi connectivity index (χ0v) is 16.8. The van der Waals surface area contributed by atoms with E-state index in [9.17, 15) is 32.7 Å². The molecule has 0 spiro atoms. The molecule has 1 aromatic heterocycles. The summed E-state index contributed by atoms with van der Waals surface area (Å²) in [4.78, 5) is 37.2. The van der Waals surface area contributed by atoms with E-state index in [2.05, 4.69) is 4.74 Å². The SMILES string of the molecule is COC(=O)C1=C(C)N(NC(=O)OC(C)(C)C)C(O)(C(F)(F)F)C1C(=O)c1ccco1. The van der Waals surface area contributed by atoms with Crippen molar-refractivity contribution in [1.29, 1.82) is 0 Å². The Morgan fingerprint density at radius 3 is 2.30 bits per heavy atom. The van der Waals surface area contributed by atoms with Crippen LogP contribution in [0.4, 0.5) is 18.0 Å². The highest BCUT2D eigenvalue weighted by molar-refractivity contribution is 6.06. The third-order valence-electron chi connectivity index (χ3n) is 4.21. The molecular formula is C18H21F3N2O7. The van der Waals surface area contributed by atoms with E-state index in [4.69, 9.17) is 9.15 Å². The fourth-order valence-corrected chi connectivity index (χ4v) is 3.02. The van der Waals surface area contributed by atoms with Gasteiger partial charge in [-0.1, -0.05) is 0 Å². The van der Waals surface area contributed by atoms with Crippen molar-refractivity contribution in [3.8, 4) is 0 Å². The van der Waals surface area contributed by atoms with Crippen LogP contribution in [0.1, 0.15) is 38.2 Å². The number of ketones is 1. The lowest BCUT2D eigenvalue weighted by Crippen LogP contribution is -2.66. The van der Waals surface area contributed by atoms with Gasteiger partial charge in [0, 0.05) is 5.70 Å². The van der Waals surface area contributed by atoms with E-state index < -0.39 is 58.3 Å². The highest BCUT2D eigenvalue weighted by Crippen LogP contribution is 2.50. The molecule has 2 N–H and O–H groups in total. The Labute approximate surface area is 169 Å². The molecule has 1 amide bonds. The van der Waals surface area contributed by atoms with Gasteiger partial charge in [0.2, 0.25) is 5.78 Å². The molecule has 0 saturated carbocycles. The number of alkyl halides is 3. The lowest BCUT2D eigenvalue weighted by Gasteiger charge is -2.40. The summed E-state index contributed by atoms with van der Waals surface area (Å²) in [5, 5.41) is 10.8. The maximum Gasteiger partial charge on any atom is 0.439 e. The van der Waals surface area contributed by atoms with Crippen molar-refractivity contribution in [2.45, 2.75) is 45.2 Å². The molecule has 0 aromatic carbocycles. The quantitative estimate of drug-likeness (QED) is 0.548. The number of ether oxygens (including phenoxy) is 2. The van der Waals surface area contributed by atoms with Gasteiger partial charge < -0.3 is 19.0 Å². The molecule has 166 valence electrons. The lowest BCUT2D eigenvalue weighted by molar-refractivity contribution is -0.319. The third-order valence-corrected chi connectivity index (χ3v) is 4.21. The van der Waals surface area contributed by atoms with E-state index in [0.29, 0.717) is 0 Å². The summed E-state index contributed by atoms with van der Waals surface area (Å²) in [6, 6.07) is 2.33. The highest BCUT2D eigenvalue weighted by Gasteiger charge is 2.71. The number of halogens is 3. The van der Waals surface area contributed by atoms with Gasteiger partial charge in [-0.2, -0.15) is 13.2 Å². The summed E-state index contributed by atoms with van der Waals surface area (Å²) in [6.07, 6.45) is -5.81. The Balaban J connectivity index is 2.65. The number of amides is 1. The summed E-state index contributed by atoms with van der Waals surface area (Å²) in [7, 11) is 0.896. The fraction of sp³-hybridized carbons (Fsp3) is 0.500. The van der Waals surface area contributed by atoms with Gasteiger partial charge in [-0.15, -0.1) is 0 Å². The summed E-state index contributed by atoms with van der Waals surface area (Å²) in [6.45, 7) is 5.42. The number of Topliss-reactive ketones (excluding diaryl/α,β-unsaturated/α-hetero) is 1. The van der Waals surface area contributed by atoms with E-state index in [-0.39, 0.29) is 5.01 Å². The Hall–Kier alpha value is -3.02. The van der Waals surface area contributed by atoms with Gasteiger partial charge in [0.1, 0.15) is 11.5 Å². The predicted molar refractivity (Wildman–Crippen MR) is 93.5 cm³/mol. The molecule has 0 saturated heterocycles. The first-order valence-electron chi connectivity index (χ1n) is 8.61. The molecule has 2 heterocycles. The Morgan fingerprint density at radius 2 is 1.87 bits per heavy atom. The number of carbonyl (C=O) groups excluding carboxylic acids is 3. The van der Waals surface area contributed by atoms with Crippen molar-refractivity contribution in [1.82, 2.24) is 10.4 Å². The normalized spacial score (nSPS) is 22.2. The third kappa shape index (κ3) is 3.99. The smallest absolute Gasteiger partial charge is 0.439 e. The summed E-state index contributed by atoms with van der Waals surface area (Å²) >= 11 is 0. The lowest BCUT2D eigenvalue weighted by atomic mass is 9.85. The van der Waals surface area contributed by atoms with Crippen LogP contribution in [-0.2, 0) is 14.3 Å². The number of furan rings is 1. The van der Waals surface area contributed by atoms with Crippen molar-refractivity contribution >= 4 is 17.8 Å². The maximum atomic E-state index is 14.1. The van der Waals surface area contributed by atoms with Crippen LogP contribution in [-0.4, -0.2) is 52.6 Å². The Bertz CT molecular complexity index is 871. The predicted octanol–water partition coefficient (Wildman–Crippen LogP) is 2.53. The van der Waals surface area contributed by atoms with Gasteiger partial charge >= 0.3 is 18.2 Å². The summed E-state index contributed by atoms with van der Waals surface area (Å²) in [5.41, 5.74) is -4.68. The standard InChI is InChI=1S/C18H21F3N2O7/c1-9-11(14(25)28-5)12(13(24)10-7-6-8-29-10)17(27,18(19,20)21)23(9)22-15(26)30-16(2,3)4/h6-8,12,27H,1-5H3,(H,22,26). The van der Waals surface area contributed by atoms with Gasteiger partial charge in [-0.25, -0.2) is 20.0 Å². The van der Waals surface area contributed by atoms with E-state index in [0.717, 1.165) is 26.4 Å². The second-order valence-electron chi connectivity index (χ2n) is 7.44. The van der Waals surface area contributed by atoms with Gasteiger partial charge in [0.05, 0.1) is 18.9 Å². The number of carbonyl (C=O) groups is 3. The monoisotopic (exact) mass is 434 g/mol. The number of esters is 1. The first-order chi connectivity index (χ1) is 13.6. The minimum atomic E-state index is -5.51. The second kappa shape index (κ2) is 7.67. The van der Waals surface area contributed by atoms with Crippen molar-refractivity contribution in [2.75, 3.05) is 7.11 Å². The Morgan fingerprint density at radius 1 is 1.27 bits per heavy atom. The van der Waals surface area contributed by atoms with Gasteiger partial charge in [-0.3, -0.25) is 4.79 Å². The average Bonchev–Trinajstić information content (AvgIpc) is 3.20. The van der Waals surface area contributed by atoms with Crippen LogP contribution >= 0.6 is 0 Å². The van der Waals surface area contributed by atoms with Crippen LogP contribution in [0.3, 0.4) is 0 Å². The Kier molecular flexibility index (Phi) is 5.95. The van der Waals surface area contributed by atoms with Crippen LogP contribution in [0.15, 0.2) is 34.1 Å². The van der Waals surface area contributed by atoms with Crippen LogP contribution < -0.4 is 5.43 Å². The number of methoxy groups -OCH3 is 1. The van der Waals surface area contributed by atoms with Crippen molar-refractivity contribution in [3.05, 3.63) is 35.4 Å². The number of hydrogen-bond donors (Lipinski definition) is 2. The first-order valence-corrected chi connectivity index (χ1v) is 8.61. The molecular weight excluding hydrogens is 413 g/mol. The maximum absolute atomic E-state index is 14.1. The molecule has 12 heteroatoms. The number of nitrogens with one attached hydrogen (secondary N) is 1. The fourth-order valence-electron chi connectivity index (χ4n) is 3.02. The minimum Gasteiger partial charge on any atom is -0.466 e. The summed E-state index contributed by atoms with van der Waals surface area (Å²) in [5.74, 6) is -5.68. The van der Waals surface area contributed by atoms with E-state index in [1.165, 1.54) is 26.8 Å². The van der Waals surface area contributed by atoms with E-state index >= 15 is 0 Å². The molecule has 2 rings (SSSR count). The van der Waals surface area contributed by atoms with E-state index in [1.807, 2.05) is 0 Å². The first kappa shape index (κ1) is 23.3. The molecule has 0 fully saturated rings. The topological polar surface area (TPSA) is 118 Å². The number of allylic oxidation sites excluding steroid dienone is 1. The highest BCUT2D eigenvalue weighted by atomic mass is 19.4. The molecule has 2 unspecified atom stereocenters. The zero-order valence-electron chi connectivity index (χ0n) is 16.8. The van der Waals surface area contributed by atoms with Crippen LogP contribution in [0.2, 0.25) is 0 Å². The van der Waals surface area contributed by atoms with Gasteiger partial charge in [0.25, 0.3) is 5.72 Å². The largest absolute Gasteiger partial charge is 0.466 e. The van der Waals surface area contributed by atoms with Gasteiger partial charge in [-0.05, 0) is 39.8 Å². The molecule has 2 atom stereocenters. The number of hydrazine groups is 1. The molecule has 0 bridgehead atoms. The minimum absolute atomic E-state index is 0.0150. The van der Waals surface area contributed by atoms with Crippen LogP contribution in [0.5, 0.6) is 0 Å².